The van der Waals surface area contributed by atoms with Crippen LogP contribution in [-0.2, 0) is 4.79 Å². The standard InChI is InChI=1S/C18H24ClNO5/c1-4-25-15-13(19)9-11(10-14(15)24-3)16(21)20-18(2)8-6-5-7-12(18)17(22)23/h9-10,12H,4-8H2,1-3H3,(H,20,21)(H,22,23). The predicted octanol–water partition coefficient (Wildman–Crippen LogP) is 3.51. The van der Waals surface area contributed by atoms with Crippen LogP contribution < -0.4 is 14.8 Å². The van der Waals surface area contributed by atoms with E-state index in [0.29, 0.717) is 36.5 Å². The summed E-state index contributed by atoms with van der Waals surface area (Å²) in [5.74, 6) is -1.12. The average Bonchev–Trinajstić information content (AvgIpc) is 2.56. The van der Waals surface area contributed by atoms with E-state index in [1.54, 1.807) is 13.0 Å². The maximum atomic E-state index is 12.7. The maximum Gasteiger partial charge on any atom is 0.308 e. The van der Waals surface area contributed by atoms with E-state index in [1.165, 1.54) is 13.2 Å². The molecule has 1 fully saturated rings. The number of benzene rings is 1. The van der Waals surface area contributed by atoms with Gasteiger partial charge in [-0.3, -0.25) is 9.59 Å². The lowest BCUT2D eigenvalue weighted by Gasteiger charge is -2.39. The first-order chi connectivity index (χ1) is 11.8. The highest BCUT2D eigenvalue weighted by atomic mass is 35.5. The second kappa shape index (κ2) is 7.95. The number of carboxylic acid groups (broad SMARTS) is 1. The summed E-state index contributed by atoms with van der Waals surface area (Å²) >= 11 is 6.21. The van der Waals surface area contributed by atoms with Crippen LogP contribution in [0.1, 0.15) is 49.9 Å². The molecule has 1 saturated carbocycles. The third-order valence-corrected chi connectivity index (χ3v) is 4.97. The molecular formula is C18H24ClNO5. The first kappa shape index (κ1) is 19.4. The summed E-state index contributed by atoms with van der Waals surface area (Å²) in [5, 5.41) is 12.6. The number of hydrogen-bond acceptors (Lipinski definition) is 4. The van der Waals surface area contributed by atoms with Crippen molar-refractivity contribution in [3.63, 3.8) is 0 Å². The van der Waals surface area contributed by atoms with Crippen LogP contribution in [-0.4, -0.2) is 36.2 Å². The summed E-state index contributed by atoms with van der Waals surface area (Å²) in [6, 6.07) is 3.06. The van der Waals surface area contributed by atoms with Crippen LogP contribution in [0.4, 0.5) is 0 Å². The fourth-order valence-corrected chi connectivity index (χ4v) is 3.61. The molecule has 1 aromatic rings. The molecule has 2 unspecified atom stereocenters. The van der Waals surface area contributed by atoms with Gasteiger partial charge in [0.15, 0.2) is 11.5 Å². The van der Waals surface area contributed by atoms with E-state index >= 15 is 0 Å². The minimum Gasteiger partial charge on any atom is -0.493 e. The lowest BCUT2D eigenvalue weighted by atomic mass is 9.73. The normalized spacial score (nSPS) is 23.0. The highest BCUT2D eigenvalue weighted by molar-refractivity contribution is 6.32. The molecule has 0 aliphatic heterocycles. The Morgan fingerprint density at radius 3 is 2.72 bits per heavy atom. The quantitative estimate of drug-likeness (QED) is 0.801. The number of hydrogen-bond donors (Lipinski definition) is 2. The molecule has 0 saturated heterocycles. The van der Waals surface area contributed by atoms with Gasteiger partial charge in [-0.1, -0.05) is 24.4 Å². The predicted molar refractivity (Wildman–Crippen MR) is 94.6 cm³/mol. The molecule has 0 spiro atoms. The Hall–Kier alpha value is -1.95. The van der Waals surface area contributed by atoms with Crippen molar-refractivity contribution in [2.45, 2.75) is 45.1 Å². The van der Waals surface area contributed by atoms with Gasteiger partial charge in [0.25, 0.3) is 5.91 Å². The Morgan fingerprint density at radius 2 is 2.12 bits per heavy atom. The van der Waals surface area contributed by atoms with Crippen molar-refractivity contribution < 1.29 is 24.2 Å². The van der Waals surface area contributed by atoms with Gasteiger partial charge in [0, 0.05) is 5.56 Å². The zero-order chi connectivity index (χ0) is 18.6. The zero-order valence-electron chi connectivity index (χ0n) is 14.7. The number of carbonyl (C=O) groups is 2. The number of nitrogens with one attached hydrogen (secondary N) is 1. The highest BCUT2D eigenvalue weighted by Crippen LogP contribution is 2.37. The van der Waals surface area contributed by atoms with Gasteiger partial charge < -0.3 is 19.9 Å². The van der Waals surface area contributed by atoms with Crippen LogP contribution in [0.2, 0.25) is 5.02 Å². The average molecular weight is 370 g/mol. The minimum atomic E-state index is -0.884. The van der Waals surface area contributed by atoms with E-state index in [2.05, 4.69) is 5.32 Å². The van der Waals surface area contributed by atoms with E-state index in [0.717, 1.165) is 12.8 Å². The fourth-order valence-electron chi connectivity index (χ4n) is 3.35. The topological polar surface area (TPSA) is 84.9 Å². The highest BCUT2D eigenvalue weighted by Gasteiger charge is 2.42. The molecule has 6 nitrogen and oxygen atoms in total. The molecule has 7 heteroatoms. The second-order valence-electron chi connectivity index (χ2n) is 6.43. The number of methoxy groups -OCH3 is 1. The van der Waals surface area contributed by atoms with E-state index < -0.39 is 17.4 Å². The van der Waals surface area contributed by atoms with Crippen molar-refractivity contribution in [1.29, 1.82) is 0 Å². The van der Waals surface area contributed by atoms with Gasteiger partial charge in [0.2, 0.25) is 0 Å². The van der Waals surface area contributed by atoms with Crippen LogP contribution >= 0.6 is 11.6 Å². The summed E-state index contributed by atoms with van der Waals surface area (Å²) in [7, 11) is 1.47. The lowest BCUT2D eigenvalue weighted by molar-refractivity contribution is -0.145. The SMILES string of the molecule is CCOc1c(Cl)cc(C(=O)NC2(C)CCCCC2C(=O)O)cc1OC. The van der Waals surface area contributed by atoms with Crippen LogP contribution in [0.5, 0.6) is 11.5 Å². The van der Waals surface area contributed by atoms with Crippen molar-refractivity contribution in [2.75, 3.05) is 13.7 Å². The Morgan fingerprint density at radius 1 is 1.40 bits per heavy atom. The Bertz CT molecular complexity index is 663. The molecule has 2 atom stereocenters. The van der Waals surface area contributed by atoms with E-state index in [-0.39, 0.29) is 10.9 Å². The summed E-state index contributed by atoms with van der Waals surface area (Å²) in [6.07, 6.45) is 2.91. The van der Waals surface area contributed by atoms with E-state index in [9.17, 15) is 14.7 Å². The summed E-state index contributed by atoms with van der Waals surface area (Å²) in [4.78, 5) is 24.3. The number of rotatable bonds is 6. The van der Waals surface area contributed by atoms with Gasteiger partial charge in [-0.25, -0.2) is 0 Å². The second-order valence-corrected chi connectivity index (χ2v) is 6.84. The zero-order valence-corrected chi connectivity index (χ0v) is 15.5. The largest absolute Gasteiger partial charge is 0.493 e. The molecule has 1 aliphatic rings. The summed E-state index contributed by atoms with van der Waals surface area (Å²) < 4.78 is 10.7. The fraction of sp³-hybridized carbons (Fsp3) is 0.556. The van der Waals surface area contributed by atoms with E-state index in [4.69, 9.17) is 21.1 Å². The number of amides is 1. The number of carboxylic acids is 1. The molecule has 0 bridgehead atoms. The third-order valence-electron chi connectivity index (χ3n) is 4.69. The molecule has 0 heterocycles. The monoisotopic (exact) mass is 369 g/mol. The van der Waals surface area contributed by atoms with Crippen molar-refractivity contribution in [3.05, 3.63) is 22.7 Å². The summed E-state index contributed by atoms with van der Waals surface area (Å²) in [6.45, 7) is 4.03. The molecule has 0 aromatic heterocycles. The van der Waals surface area contributed by atoms with E-state index in [1.807, 2.05) is 6.92 Å². The molecule has 25 heavy (non-hydrogen) atoms. The molecule has 138 valence electrons. The molecule has 1 aliphatic carbocycles. The van der Waals surface area contributed by atoms with Gasteiger partial charge in [-0.05, 0) is 38.8 Å². The molecule has 2 rings (SSSR count). The smallest absolute Gasteiger partial charge is 0.308 e. The van der Waals surface area contributed by atoms with Crippen LogP contribution in [0.25, 0.3) is 0 Å². The molecule has 2 N–H and O–H groups in total. The molecular weight excluding hydrogens is 346 g/mol. The first-order valence-corrected chi connectivity index (χ1v) is 8.75. The molecule has 1 aromatic carbocycles. The first-order valence-electron chi connectivity index (χ1n) is 8.38. The molecule has 0 radical (unpaired) electrons. The van der Waals surface area contributed by atoms with Crippen LogP contribution in [0.15, 0.2) is 12.1 Å². The van der Waals surface area contributed by atoms with Gasteiger partial charge in [0.1, 0.15) is 0 Å². The lowest BCUT2D eigenvalue weighted by Crippen LogP contribution is -2.55. The van der Waals surface area contributed by atoms with Crippen molar-refractivity contribution in [2.24, 2.45) is 5.92 Å². The number of halogens is 1. The Labute approximate surface area is 152 Å². The van der Waals surface area contributed by atoms with Gasteiger partial charge >= 0.3 is 5.97 Å². The molecule has 1 amide bonds. The number of carbonyl (C=O) groups excluding carboxylic acids is 1. The Kier molecular flexibility index (Phi) is 6.16. The van der Waals surface area contributed by atoms with Crippen LogP contribution in [0.3, 0.4) is 0 Å². The summed E-state index contributed by atoms with van der Waals surface area (Å²) in [5.41, 5.74) is -0.485. The Balaban J connectivity index is 2.28. The van der Waals surface area contributed by atoms with Gasteiger partial charge in [-0.2, -0.15) is 0 Å². The number of aliphatic carboxylic acids is 1. The third kappa shape index (κ3) is 4.18. The maximum absolute atomic E-state index is 12.7. The van der Waals surface area contributed by atoms with Gasteiger partial charge in [-0.15, -0.1) is 0 Å². The van der Waals surface area contributed by atoms with Gasteiger partial charge in [0.05, 0.1) is 30.2 Å². The number of ether oxygens (including phenoxy) is 2. The van der Waals surface area contributed by atoms with Crippen molar-refractivity contribution in [3.8, 4) is 11.5 Å². The van der Waals surface area contributed by atoms with Crippen molar-refractivity contribution in [1.82, 2.24) is 5.32 Å². The minimum absolute atomic E-state index is 0.273. The van der Waals surface area contributed by atoms with Crippen molar-refractivity contribution >= 4 is 23.5 Å². The van der Waals surface area contributed by atoms with Crippen LogP contribution in [0, 0.1) is 5.92 Å².